The number of ether oxygens (including phenoxy) is 1. The van der Waals surface area contributed by atoms with Gasteiger partial charge in [-0.2, -0.15) is 13.2 Å². The van der Waals surface area contributed by atoms with Crippen molar-refractivity contribution in [2.24, 2.45) is 5.92 Å². The number of alkyl halides is 3. The van der Waals surface area contributed by atoms with Crippen molar-refractivity contribution < 1.29 is 31.9 Å². The number of benzene rings is 1. The zero-order valence-electron chi connectivity index (χ0n) is 14.4. The number of hydrogen-bond acceptors (Lipinski definition) is 5. The summed E-state index contributed by atoms with van der Waals surface area (Å²) < 4.78 is 48.2. The van der Waals surface area contributed by atoms with Gasteiger partial charge in [-0.05, 0) is 38.5 Å². The summed E-state index contributed by atoms with van der Waals surface area (Å²) in [7, 11) is 0. The van der Waals surface area contributed by atoms with Crippen LogP contribution in [-0.2, 0) is 20.5 Å². The first kappa shape index (κ1) is 17.8. The predicted molar refractivity (Wildman–Crippen MR) is 86.7 cm³/mol. The van der Waals surface area contributed by atoms with E-state index in [9.17, 15) is 22.8 Å². The average Bonchev–Trinajstić information content (AvgIpc) is 3.00. The number of aromatic nitrogens is 1. The van der Waals surface area contributed by atoms with Crippen molar-refractivity contribution >= 4 is 28.6 Å². The molecule has 2 fully saturated rings. The summed E-state index contributed by atoms with van der Waals surface area (Å²) >= 11 is 0. The van der Waals surface area contributed by atoms with E-state index in [0.717, 1.165) is 6.42 Å². The van der Waals surface area contributed by atoms with Gasteiger partial charge in [-0.1, -0.05) is 0 Å². The van der Waals surface area contributed by atoms with Gasteiger partial charge in [-0.15, -0.1) is 0 Å². The van der Waals surface area contributed by atoms with E-state index in [4.69, 9.17) is 4.74 Å². The van der Waals surface area contributed by atoms with Crippen LogP contribution in [0.1, 0.15) is 26.2 Å². The molecule has 0 spiro atoms. The van der Waals surface area contributed by atoms with Gasteiger partial charge in [0.1, 0.15) is 5.52 Å². The lowest BCUT2D eigenvalue weighted by Crippen LogP contribution is -2.53. The van der Waals surface area contributed by atoms with E-state index in [0.29, 0.717) is 6.61 Å². The molecule has 1 aliphatic heterocycles. The first-order valence-corrected chi connectivity index (χ1v) is 8.27. The van der Waals surface area contributed by atoms with Crippen molar-refractivity contribution in [1.82, 2.24) is 10.3 Å². The predicted octanol–water partition coefficient (Wildman–Crippen LogP) is 2.47. The number of carbonyl (C=O) groups excluding carboxylic acids is 2. The van der Waals surface area contributed by atoms with Crippen LogP contribution < -0.4 is 10.6 Å². The number of fused-ring (bicyclic) bond motifs is 2. The Balaban J connectivity index is 1.47. The zero-order valence-corrected chi connectivity index (χ0v) is 14.4. The molecule has 1 aliphatic carbocycles. The third kappa shape index (κ3) is 2.84. The molecule has 10 heteroatoms. The minimum absolute atomic E-state index is 0.0747. The summed E-state index contributed by atoms with van der Waals surface area (Å²) in [5, 5.41) is 5.11. The van der Waals surface area contributed by atoms with Gasteiger partial charge in [0.15, 0.2) is 5.58 Å². The van der Waals surface area contributed by atoms with E-state index in [1.165, 1.54) is 18.2 Å². The van der Waals surface area contributed by atoms with Crippen LogP contribution in [0, 0.1) is 5.92 Å². The number of hydrogen-bond donors (Lipinski definition) is 2. The van der Waals surface area contributed by atoms with E-state index < -0.39 is 35.0 Å². The molecule has 7 nitrogen and oxygen atoms in total. The highest BCUT2D eigenvalue weighted by atomic mass is 19.4. The highest BCUT2D eigenvalue weighted by Crippen LogP contribution is 2.57. The smallest absolute Gasteiger partial charge is 0.433 e. The fourth-order valence-electron chi connectivity index (χ4n) is 3.58. The molecule has 4 rings (SSSR count). The number of anilines is 1. The quantitative estimate of drug-likeness (QED) is 0.777. The molecule has 1 aromatic heterocycles. The first-order valence-electron chi connectivity index (χ1n) is 8.27. The molecule has 144 valence electrons. The number of nitrogens with one attached hydrogen (secondary N) is 2. The molecule has 2 amide bonds. The number of carbonyl (C=O) groups is 2. The standard InChI is InChI=1S/C17H16F3N3O4/c1-15(2)16(6-8(16)7-26-15)23-13(25)12(24)21-9-3-4-11-10(5-9)22-14(27-11)17(18,19)20/h3-5,8H,6-7H2,1-2H3,(H,21,24)(H,23,25). The van der Waals surface area contributed by atoms with Crippen LogP contribution in [0.5, 0.6) is 0 Å². The molecule has 27 heavy (non-hydrogen) atoms. The Labute approximate surface area is 151 Å². The summed E-state index contributed by atoms with van der Waals surface area (Å²) in [5.41, 5.74) is -1.14. The maximum Gasteiger partial charge on any atom is 0.468 e. The van der Waals surface area contributed by atoms with Crippen molar-refractivity contribution in [2.45, 2.75) is 37.6 Å². The van der Waals surface area contributed by atoms with Crippen LogP contribution in [0.4, 0.5) is 18.9 Å². The lowest BCUT2D eigenvalue weighted by Gasteiger charge is -2.30. The fraction of sp³-hybridized carbons (Fsp3) is 0.471. The second-order valence-corrected chi connectivity index (χ2v) is 7.30. The van der Waals surface area contributed by atoms with Gasteiger partial charge in [0.05, 0.1) is 17.7 Å². The highest BCUT2D eigenvalue weighted by Gasteiger charge is 2.69. The van der Waals surface area contributed by atoms with Gasteiger partial charge in [0.2, 0.25) is 0 Å². The second kappa shape index (κ2) is 5.44. The minimum atomic E-state index is -4.71. The van der Waals surface area contributed by atoms with Crippen LogP contribution in [-0.4, -0.2) is 34.5 Å². The van der Waals surface area contributed by atoms with Crippen LogP contribution in [0.2, 0.25) is 0 Å². The lowest BCUT2D eigenvalue weighted by atomic mass is 9.95. The zero-order chi connectivity index (χ0) is 19.6. The Morgan fingerprint density at radius 2 is 2.00 bits per heavy atom. The summed E-state index contributed by atoms with van der Waals surface area (Å²) in [5.74, 6) is -2.94. The molecule has 2 aliphatic rings. The van der Waals surface area contributed by atoms with Crippen LogP contribution in [0.15, 0.2) is 22.6 Å². The maximum absolute atomic E-state index is 12.6. The Morgan fingerprint density at radius 3 is 2.59 bits per heavy atom. The summed E-state index contributed by atoms with van der Waals surface area (Å²) in [6.07, 6.45) is -3.97. The molecule has 1 saturated heterocycles. The van der Waals surface area contributed by atoms with Crippen LogP contribution in [0.3, 0.4) is 0 Å². The van der Waals surface area contributed by atoms with Crippen molar-refractivity contribution in [3.8, 4) is 0 Å². The van der Waals surface area contributed by atoms with Gasteiger partial charge in [0.25, 0.3) is 0 Å². The molecule has 1 saturated carbocycles. The summed E-state index contributed by atoms with van der Waals surface area (Å²) in [6.45, 7) is 4.24. The van der Waals surface area contributed by atoms with Gasteiger partial charge in [0, 0.05) is 11.6 Å². The normalized spacial score (nSPS) is 25.9. The van der Waals surface area contributed by atoms with Crippen molar-refractivity contribution in [2.75, 3.05) is 11.9 Å². The first-order chi connectivity index (χ1) is 12.5. The minimum Gasteiger partial charge on any atom is -0.433 e. The third-order valence-electron chi connectivity index (χ3n) is 5.26. The Kier molecular flexibility index (Phi) is 3.58. The van der Waals surface area contributed by atoms with Gasteiger partial charge in [-0.25, -0.2) is 4.98 Å². The van der Waals surface area contributed by atoms with Gasteiger partial charge >= 0.3 is 23.9 Å². The van der Waals surface area contributed by atoms with Crippen molar-refractivity contribution in [3.63, 3.8) is 0 Å². The van der Waals surface area contributed by atoms with E-state index in [-0.39, 0.29) is 22.7 Å². The van der Waals surface area contributed by atoms with E-state index in [1.807, 2.05) is 13.8 Å². The van der Waals surface area contributed by atoms with E-state index >= 15 is 0 Å². The van der Waals surface area contributed by atoms with Crippen LogP contribution in [0.25, 0.3) is 11.1 Å². The monoisotopic (exact) mass is 383 g/mol. The maximum atomic E-state index is 12.6. The van der Waals surface area contributed by atoms with Crippen molar-refractivity contribution in [1.29, 1.82) is 0 Å². The second-order valence-electron chi connectivity index (χ2n) is 7.30. The van der Waals surface area contributed by atoms with E-state index in [2.05, 4.69) is 20.0 Å². The van der Waals surface area contributed by atoms with Gasteiger partial charge < -0.3 is 19.8 Å². The molecule has 2 atom stereocenters. The highest BCUT2D eigenvalue weighted by molar-refractivity contribution is 6.40. The number of amides is 2. The van der Waals surface area contributed by atoms with E-state index in [1.54, 1.807) is 0 Å². The molecular weight excluding hydrogens is 367 g/mol. The Bertz CT molecular complexity index is 953. The number of nitrogens with zero attached hydrogens (tertiary/aromatic N) is 1. The Hall–Kier alpha value is -2.62. The lowest BCUT2D eigenvalue weighted by molar-refractivity contribution is -0.156. The molecule has 1 aromatic carbocycles. The molecule has 2 N–H and O–H groups in total. The molecule has 0 radical (unpaired) electrons. The molecule has 2 heterocycles. The largest absolute Gasteiger partial charge is 0.468 e. The topological polar surface area (TPSA) is 93.5 Å². The number of halogens is 3. The Morgan fingerprint density at radius 1 is 1.26 bits per heavy atom. The molecule has 2 unspecified atom stereocenters. The SMILES string of the molecule is CC1(C)OCC2CC21NC(=O)C(=O)Nc1ccc2oc(C(F)(F)F)nc2c1. The summed E-state index contributed by atoms with van der Waals surface area (Å²) in [4.78, 5) is 27.8. The number of oxazole rings is 1. The fourth-order valence-corrected chi connectivity index (χ4v) is 3.58. The molecule has 0 bridgehead atoms. The van der Waals surface area contributed by atoms with Crippen LogP contribution >= 0.6 is 0 Å². The average molecular weight is 383 g/mol. The molecule has 2 aromatic rings. The summed E-state index contributed by atoms with van der Waals surface area (Å²) in [6, 6.07) is 3.79. The molecular formula is C17H16F3N3O4. The number of rotatable bonds is 2. The van der Waals surface area contributed by atoms with Gasteiger partial charge in [-0.3, -0.25) is 9.59 Å². The third-order valence-corrected chi connectivity index (χ3v) is 5.26. The van der Waals surface area contributed by atoms with Crippen molar-refractivity contribution in [3.05, 3.63) is 24.1 Å².